The summed E-state index contributed by atoms with van der Waals surface area (Å²) >= 11 is 0. The van der Waals surface area contributed by atoms with Crippen molar-refractivity contribution < 1.29 is 23.1 Å². The van der Waals surface area contributed by atoms with Gasteiger partial charge in [-0.1, -0.05) is 12.6 Å². The Hall–Kier alpha value is -4.29. The molecule has 10 nitrogen and oxygen atoms in total. The third-order valence-corrected chi connectivity index (χ3v) is 7.37. The molecular weight excluding hydrogens is 532 g/mol. The molecule has 41 heavy (non-hydrogen) atoms. The van der Waals surface area contributed by atoms with Crippen LogP contribution in [-0.4, -0.2) is 67.7 Å². The normalized spacial score (nSPS) is 18.6. The minimum atomic E-state index is -0.916. The van der Waals surface area contributed by atoms with Gasteiger partial charge in [0.15, 0.2) is 17.5 Å². The van der Waals surface area contributed by atoms with Crippen LogP contribution in [0.4, 0.5) is 37.5 Å². The smallest absolute Gasteiger partial charge is 0.247 e. The van der Waals surface area contributed by atoms with Gasteiger partial charge in [0.05, 0.1) is 36.8 Å². The van der Waals surface area contributed by atoms with Gasteiger partial charge in [-0.3, -0.25) is 9.63 Å². The second-order valence-electron chi connectivity index (χ2n) is 10.1. The highest BCUT2D eigenvalue weighted by atomic mass is 19.2. The van der Waals surface area contributed by atoms with Crippen LogP contribution >= 0.6 is 0 Å². The van der Waals surface area contributed by atoms with E-state index >= 15 is 0 Å². The Bertz CT molecular complexity index is 1440. The Morgan fingerprint density at radius 3 is 2.68 bits per heavy atom. The fraction of sp³-hybridized carbons (Fsp3) is 0.345. The Labute approximate surface area is 237 Å². The molecule has 2 fully saturated rings. The summed E-state index contributed by atoms with van der Waals surface area (Å²) in [7, 11) is 5.70. The summed E-state index contributed by atoms with van der Waals surface area (Å²) in [5.74, 6) is -0.710. The third kappa shape index (κ3) is 6.08. The molecule has 5 rings (SSSR count). The number of likely N-dealkylation sites (N-methyl/N-ethyl adjacent to an activating group) is 1. The minimum absolute atomic E-state index is 0.329. The van der Waals surface area contributed by atoms with E-state index in [2.05, 4.69) is 51.1 Å². The number of amides is 1. The van der Waals surface area contributed by atoms with Crippen molar-refractivity contribution in [2.75, 3.05) is 61.5 Å². The van der Waals surface area contributed by atoms with Gasteiger partial charge in [-0.25, -0.2) is 23.8 Å². The molecule has 12 heteroatoms. The highest BCUT2D eigenvalue weighted by Crippen LogP contribution is 2.40. The number of ether oxygens (including phenoxy) is 1. The van der Waals surface area contributed by atoms with Crippen molar-refractivity contribution in [2.24, 2.45) is 0 Å². The van der Waals surface area contributed by atoms with E-state index in [9.17, 15) is 13.6 Å². The van der Waals surface area contributed by atoms with Crippen LogP contribution in [0.25, 0.3) is 0 Å². The van der Waals surface area contributed by atoms with Crippen molar-refractivity contribution in [3.05, 3.63) is 72.6 Å². The highest BCUT2D eigenvalue weighted by Gasteiger charge is 2.30. The predicted molar refractivity (Wildman–Crippen MR) is 154 cm³/mol. The van der Waals surface area contributed by atoms with Crippen LogP contribution in [0.5, 0.6) is 5.75 Å². The van der Waals surface area contributed by atoms with Gasteiger partial charge in [0.2, 0.25) is 5.91 Å². The summed E-state index contributed by atoms with van der Waals surface area (Å²) in [5, 5.41) is 7.76. The average Bonchev–Trinajstić information content (AvgIpc) is 3.66. The number of hydroxylamine groups is 1. The third-order valence-electron chi connectivity index (χ3n) is 7.37. The number of nitrogens with one attached hydrogen (secondary N) is 2. The molecule has 0 radical (unpaired) electrons. The predicted octanol–water partition coefficient (Wildman–Crippen LogP) is 4.65. The monoisotopic (exact) mass is 565 g/mol. The Morgan fingerprint density at radius 2 is 1.98 bits per heavy atom. The fourth-order valence-electron chi connectivity index (χ4n) is 5.15. The van der Waals surface area contributed by atoms with Crippen LogP contribution in [0, 0.1) is 11.6 Å². The van der Waals surface area contributed by atoms with E-state index < -0.39 is 11.6 Å². The van der Waals surface area contributed by atoms with Gasteiger partial charge in [0, 0.05) is 37.7 Å². The molecule has 2 aliphatic rings. The molecule has 1 amide bonds. The summed E-state index contributed by atoms with van der Waals surface area (Å²) in [4.78, 5) is 31.3. The number of benzene rings is 2. The van der Waals surface area contributed by atoms with Crippen molar-refractivity contribution in [1.29, 1.82) is 0 Å². The molecule has 2 N–H and O–H groups in total. The molecule has 3 heterocycles. The number of nitrogens with zero attached hydrogens (tertiary/aromatic N) is 5. The Kier molecular flexibility index (Phi) is 8.31. The SMILES string of the molecule is C=CC(=O)Nc1cc(Nc2cc(N3OCCC3c3ccc(F)c(F)c3)ncn2)c(OC)cc1N1CCC(N(C)C)C1. The number of hydrogen-bond acceptors (Lipinski definition) is 9. The van der Waals surface area contributed by atoms with E-state index in [1.54, 1.807) is 24.3 Å². The Morgan fingerprint density at radius 1 is 1.15 bits per heavy atom. The lowest BCUT2D eigenvalue weighted by Crippen LogP contribution is -2.31. The first-order chi connectivity index (χ1) is 19.8. The molecule has 1 aromatic heterocycles. The molecule has 2 aliphatic heterocycles. The van der Waals surface area contributed by atoms with Gasteiger partial charge in [0.1, 0.15) is 17.9 Å². The molecule has 3 aromatic rings. The van der Waals surface area contributed by atoms with Crippen molar-refractivity contribution in [2.45, 2.75) is 24.9 Å². The topological polar surface area (TPSA) is 95.1 Å². The molecule has 0 saturated carbocycles. The molecule has 0 aliphatic carbocycles. The van der Waals surface area contributed by atoms with E-state index in [1.807, 2.05) is 6.07 Å². The summed E-state index contributed by atoms with van der Waals surface area (Å²) in [6.45, 7) is 5.62. The molecule has 0 bridgehead atoms. The second kappa shape index (κ2) is 12.1. The van der Waals surface area contributed by atoms with E-state index in [0.717, 1.165) is 31.3 Å². The molecule has 216 valence electrons. The van der Waals surface area contributed by atoms with Gasteiger partial charge >= 0.3 is 0 Å². The molecule has 2 aromatic carbocycles. The summed E-state index contributed by atoms with van der Waals surface area (Å²) < 4.78 is 33.2. The zero-order chi connectivity index (χ0) is 29.1. The number of hydrogen-bond donors (Lipinski definition) is 2. The maximum Gasteiger partial charge on any atom is 0.247 e. The number of carbonyl (C=O) groups excluding carboxylic acids is 1. The number of aromatic nitrogens is 2. The lowest BCUT2D eigenvalue weighted by molar-refractivity contribution is -0.111. The van der Waals surface area contributed by atoms with Crippen LogP contribution in [-0.2, 0) is 9.63 Å². The first-order valence-corrected chi connectivity index (χ1v) is 13.3. The van der Waals surface area contributed by atoms with Crippen molar-refractivity contribution in [3.63, 3.8) is 0 Å². The number of anilines is 5. The van der Waals surface area contributed by atoms with Crippen LogP contribution in [0.1, 0.15) is 24.4 Å². The molecule has 0 spiro atoms. The maximum atomic E-state index is 13.9. The largest absolute Gasteiger partial charge is 0.494 e. The zero-order valence-electron chi connectivity index (χ0n) is 23.2. The zero-order valence-corrected chi connectivity index (χ0v) is 23.2. The van der Waals surface area contributed by atoms with Gasteiger partial charge < -0.3 is 25.2 Å². The summed E-state index contributed by atoms with van der Waals surface area (Å²) in [6.07, 6.45) is 4.18. The minimum Gasteiger partial charge on any atom is -0.494 e. The van der Waals surface area contributed by atoms with Gasteiger partial charge in [-0.2, -0.15) is 0 Å². The van der Waals surface area contributed by atoms with Gasteiger partial charge in [0.25, 0.3) is 0 Å². The lowest BCUT2D eigenvalue weighted by atomic mass is 10.0. The molecular formula is C29H33F2N7O3. The highest BCUT2D eigenvalue weighted by molar-refractivity contribution is 6.02. The molecule has 2 atom stereocenters. The van der Waals surface area contributed by atoms with Crippen LogP contribution in [0.15, 0.2) is 55.4 Å². The summed E-state index contributed by atoms with van der Waals surface area (Å²) in [5.41, 5.74) is 2.60. The maximum absolute atomic E-state index is 13.9. The van der Waals surface area contributed by atoms with Crippen LogP contribution < -0.4 is 25.3 Å². The number of halogens is 2. The second-order valence-corrected chi connectivity index (χ2v) is 10.1. The lowest BCUT2D eigenvalue weighted by Gasteiger charge is -2.26. The van der Waals surface area contributed by atoms with Crippen molar-refractivity contribution >= 4 is 34.6 Å². The fourth-order valence-corrected chi connectivity index (χ4v) is 5.15. The number of rotatable bonds is 9. The molecule has 2 unspecified atom stereocenters. The number of carbonyl (C=O) groups is 1. The standard InChI is InChI=1S/C29H33F2N7O3/c1-5-29(39)35-22-13-23(26(40-4)14-25(22)37-10-8-19(16-37)36(2)3)34-27-15-28(33-17-32-27)38-24(9-11-41-38)18-6-7-20(30)21(31)12-18/h5-7,12-15,17,19,24H,1,8-11,16H2,2-4H3,(H,35,39)(H,32,33,34). The Balaban J connectivity index is 1.44. The van der Waals surface area contributed by atoms with E-state index in [-0.39, 0.29) is 11.9 Å². The van der Waals surface area contributed by atoms with Crippen LogP contribution in [0.2, 0.25) is 0 Å². The van der Waals surface area contributed by atoms with Gasteiger partial charge in [-0.15, -0.1) is 0 Å². The van der Waals surface area contributed by atoms with Crippen molar-refractivity contribution in [1.82, 2.24) is 14.9 Å². The van der Waals surface area contributed by atoms with E-state index in [1.165, 1.54) is 24.5 Å². The average molecular weight is 566 g/mol. The molecule has 2 saturated heterocycles. The first-order valence-electron chi connectivity index (χ1n) is 13.3. The van der Waals surface area contributed by atoms with E-state index in [4.69, 9.17) is 9.57 Å². The van der Waals surface area contributed by atoms with Crippen molar-refractivity contribution in [3.8, 4) is 5.75 Å². The quantitative estimate of drug-likeness (QED) is 0.360. The van der Waals surface area contributed by atoms with Crippen LogP contribution in [0.3, 0.4) is 0 Å². The number of methoxy groups -OCH3 is 1. The van der Waals surface area contributed by atoms with Gasteiger partial charge in [-0.05, 0) is 50.4 Å². The summed E-state index contributed by atoms with van der Waals surface area (Å²) in [6, 6.07) is 9.25. The van der Waals surface area contributed by atoms with E-state index in [0.29, 0.717) is 53.4 Å². The first kappa shape index (κ1) is 28.2.